The van der Waals surface area contributed by atoms with E-state index in [0.717, 1.165) is 41.5 Å². The second-order valence-corrected chi connectivity index (χ2v) is 4.14. The van der Waals surface area contributed by atoms with Crippen LogP contribution in [0.2, 0.25) is 0 Å². The monoisotopic (exact) mass is 230 g/mol. The van der Waals surface area contributed by atoms with Crippen molar-refractivity contribution < 1.29 is 4.74 Å². The second kappa shape index (κ2) is 3.48. The summed E-state index contributed by atoms with van der Waals surface area (Å²) >= 11 is 0. The number of ether oxygens (including phenoxy) is 1. The molecule has 2 N–H and O–H groups in total. The van der Waals surface area contributed by atoms with Gasteiger partial charge in [-0.25, -0.2) is 4.99 Å². The summed E-state index contributed by atoms with van der Waals surface area (Å²) < 4.78 is 5.40. The lowest BCUT2D eigenvalue weighted by atomic mass is 10.1. The van der Waals surface area contributed by atoms with Gasteiger partial charge in [0.25, 0.3) is 0 Å². The molecule has 17 heavy (non-hydrogen) atoms. The predicted octanol–water partition coefficient (Wildman–Crippen LogP) is 1.03. The summed E-state index contributed by atoms with van der Waals surface area (Å²) in [4.78, 5) is 10.9. The molecule has 0 radical (unpaired) electrons. The molecule has 3 rings (SSSR count). The van der Waals surface area contributed by atoms with Crippen LogP contribution in [0.5, 0.6) is 5.75 Å². The minimum atomic E-state index is 0.498. The number of aliphatic imine (C=N–C) groups is 2. The Labute approximate surface area is 99.6 Å². The number of amidine groups is 1. The molecular formula is C12H14N4O. The molecule has 2 heterocycles. The van der Waals surface area contributed by atoms with Crippen LogP contribution in [0, 0.1) is 6.92 Å². The highest BCUT2D eigenvalue weighted by atomic mass is 16.5. The van der Waals surface area contributed by atoms with Crippen molar-refractivity contribution in [2.24, 2.45) is 15.7 Å². The van der Waals surface area contributed by atoms with Gasteiger partial charge in [0, 0.05) is 12.1 Å². The Balaban J connectivity index is 2.28. The molecule has 1 aromatic rings. The Bertz CT molecular complexity index is 548. The number of hydrogen-bond donors (Lipinski definition) is 1. The van der Waals surface area contributed by atoms with Gasteiger partial charge in [-0.3, -0.25) is 9.89 Å². The van der Waals surface area contributed by atoms with Crippen LogP contribution in [-0.4, -0.2) is 36.9 Å². The van der Waals surface area contributed by atoms with Crippen LogP contribution >= 0.6 is 0 Å². The summed E-state index contributed by atoms with van der Waals surface area (Å²) in [6.07, 6.45) is 0. The van der Waals surface area contributed by atoms with Crippen molar-refractivity contribution >= 4 is 17.5 Å². The zero-order valence-electron chi connectivity index (χ0n) is 9.90. The number of aryl methyl sites for hydroxylation is 1. The number of methoxy groups -OCH3 is 1. The van der Waals surface area contributed by atoms with E-state index < -0.39 is 0 Å². The first-order chi connectivity index (χ1) is 8.22. The van der Waals surface area contributed by atoms with Gasteiger partial charge in [-0.15, -0.1) is 0 Å². The third-order valence-electron chi connectivity index (χ3n) is 3.12. The molecule has 2 aliphatic rings. The lowest BCUT2D eigenvalue weighted by Gasteiger charge is -2.26. The average molecular weight is 230 g/mol. The van der Waals surface area contributed by atoms with E-state index in [1.54, 1.807) is 7.11 Å². The van der Waals surface area contributed by atoms with E-state index >= 15 is 0 Å². The van der Waals surface area contributed by atoms with Gasteiger partial charge in [-0.1, -0.05) is 6.07 Å². The minimum absolute atomic E-state index is 0.498. The molecule has 0 fully saturated rings. The maximum atomic E-state index is 5.95. The van der Waals surface area contributed by atoms with Crippen LogP contribution in [-0.2, 0) is 0 Å². The smallest absolute Gasteiger partial charge is 0.202 e. The number of benzene rings is 1. The highest BCUT2D eigenvalue weighted by Crippen LogP contribution is 2.38. The van der Waals surface area contributed by atoms with Crippen LogP contribution in [0.3, 0.4) is 0 Å². The SMILES string of the molecule is COc1c(C)ccc2c1N=C(N)N1CCN=C21. The van der Waals surface area contributed by atoms with Gasteiger partial charge >= 0.3 is 0 Å². The molecule has 0 atom stereocenters. The Morgan fingerprint density at radius 1 is 1.41 bits per heavy atom. The average Bonchev–Trinajstić information content (AvgIpc) is 2.79. The topological polar surface area (TPSA) is 63.2 Å². The molecule has 0 saturated heterocycles. The van der Waals surface area contributed by atoms with E-state index in [0.29, 0.717) is 5.96 Å². The Hall–Kier alpha value is -2.04. The van der Waals surface area contributed by atoms with Gasteiger partial charge in [0.15, 0.2) is 0 Å². The molecule has 0 unspecified atom stereocenters. The van der Waals surface area contributed by atoms with E-state index in [-0.39, 0.29) is 0 Å². The second-order valence-electron chi connectivity index (χ2n) is 4.14. The summed E-state index contributed by atoms with van der Waals surface area (Å²) in [6, 6.07) is 4.05. The summed E-state index contributed by atoms with van der Waals surface area (Å²) in [6.45, 7) is 3.56. The molecule has 0 aromatic heterocycles. The molecule has 0 amide bonds. The number of fused-ring (bicyclic) bond motifs is 3. The van der Waals surface area contributed by atoms with Gasteiger partial charge in [-0.2, -0.15) is 0 Å². The van der Waals surface area contributed by atoms with Crippen molar-refractivity contribution in [3.63, 3.8) is 0 Å². The number of guanidine groups is 1. The fraction of sp³-hybridized carbons (Fsp3) is 0.333. The molecule has 0 aliphatic carbocycles. The van der Waals surface area contributed by atoms with Crippen molar-refractivity contribution in [3.8, 4) is 5.75 Å². The Morgan fingerprint density at radius 3 is 3.00 bits per heavy atom. The lowest BCUT2D eigenvalue weighted by molar-refractivity contribution is 0.412. The van der Waals surface area contributed by atoms with E-state index in [1.807, 2.05) is 24.0 Å². The molecule has 0 bridgehead atoms. The number of nitrogens with two attached hydrogens (primary N) is 1. The van der Waals surface area contributed by atoms with Crippen LogP contribution in [0.4, 0.5) is 5.69 Å². The molecule has 0 saturated carbocycles. The van der Waals surface area contributed by atoms with E-state index in [1.165, 1.54) is 0 Å². The molecule has 88 valence electrons. The van der Waals surface area contributed by atoms with E-state index in [2.05, 4.69) is 9.98 Å². The van der Waals surface area contributed by atoms with Crippen molar-refractivity contribution in [3.05, 3.63) is 23.3 Å². The van der Waals surface area contributed by atoms with Crippen molar-refractivity contribution in [1.29, 1.82) is 0 Å². The molecule has 2 aliphatic heterocycles. The van der Waals surface area contributed by atoms with E-state index in [9.17, 15) is 0 Å². The van der Waals surface area contributed by atoms with Gasteiger partial charge in [-0.05, 0) is 18.6 Å². The van der Waals surface area contributed by atoms with Crippen LogP contribution in [0.1, 0.15) is 11.1 Å². The zero-order chi connectivity index (χ0) is 12.0. The highest BCUT2D eigenvalue weighted by Gasteiger charge is 2.29. The fourth-order valence-electron chi connectivity index (χ4n) is 2.30. The zero-order valence-corrected chi connectivity index (χ0v) is 9.90. The summed E-state index contributed by atoms with van der Waals surface area (Å²) in [5, 5.41) is 0. The first-order valence-corrected chi connectivity index (χ1v) is 5.56. The molecule has 1 aromatic carbocycles. The quantitative estimate of drug-likeness (QED) is 0.783. The van der Waals surface area contributed by atoms with E-state index in [4.69, 9.17) is 10.5 Å². The normalized spacial score (nSPS) is 17.2. The molecular weight excluding hydrogens is 216 g/mol. The van der Waals surface area contributed by atoms with Crippen molar-refractivity contribution in [2.45, 2.75) is 6.92 Å². The molecule has 0 spiro atoms. The minimum Gasteiger partial charge on any atom is -0.494 e. The molecule has 5 nitrogen and oxygen atoms in total. The standard InChI is InChI=1S/C12H14N4O/c1-7-3-4-8-9(10(7)17-2)15-12(13)16-6-5-14-11(8)16/h3-4H,5-6H2,1-2H3,(H2,13,15). The van der Waals surface area contributed by atoms with Gasteiger partial charge in [0.1, 0.15) is 17.3 Å². The highest BCUT2D eigenvalue weighted by molar-refractivity contribution is 6.16. The van der Waals surface area contributed by atoms with Crippen molar-refractivity contribution in [2.75, 3.05) is 20.2 Å². The Morgan fingerprint density at radius 2 is 2.24 bits per heavy atom. The van der Waals surface area contributed by atoms with Crippen LogP contribution < -0.4 is 10.5 Å². The summed E-state index contributed by atoms with van der Waals surface area (Å²) in [7, 11) is 1.65. The van der Waals surface area contributed by atoms with Crippen LogP contribution in [0.15, 0.2) is 22.1 Å². The lowest BCUT2D eigenvalue weighted by Crippen LogP contribution is -2.42. The third kappa shape index (κ3) is 1.32. The summed E-state index contributed by atoms with van der Waals surface area (Å²) in [5.74, 6) is 2.18. The van der Waals surface area contributed by atoms with Gasteiger partial charge < -0.3 is 10.5 Å². The number of hydrogen-bond acceptors (Lipinski definition) is 5. The molecule has 5 heteroatoms. The first-order valence-electron chi connectivity index (χ1n) is 5.56. The number of nitrogens with zero attached hydrogens (tertiary/aromatic N) is 3. The van der Waals surface area contributed by atoms with Crippen molar-refractivity contribution in [1.82, 2.24) is 4.90 Å². The number of rotatable bonds is 1. The van der Waals surface area contributed by atoms with Gasteiger partial charge in [0.2, 0.25) is 5.96 Å². The fourth-order valence-corrected chi connectivity index (χ4v) is 2.30. The maximum Gasteiger partial charge on any atom is 0.202 e. The predicted molar refractivity (Wildman–Crippen MR) is 67.1 cm³/mol. The third-order valence-corrected chi connectivity index (χ3v) is 3.12. The maximum absolute atomic E-state index is 5.95. The largest absolute Gasteiger partial charge is 0.494 e. The van der Waals surface area contributed by atoms with Crippen LogP contribution in [0.25, 0.3) is 0 Å². The Kier molecular flexibility index (Phi) is 2.07. The summed E-state index contributed by atoms with van der Waals surface area (Å²) in [5.41, 5.74) is 8.79. The van der Waals surface area contributed by atoms with Gasteiger partial charge in [0.05, 0.1) is 13.7 Å². The first kappa shape index (κ1) is 10.1.